The fraction of sp³-hybridized carbons (Fsp3) is 0.318. The molecule has 0 spiro atoms. The second kappa shape index (κ2) is 8.94. The molecule has 1 aliphatic heterocycles. The average molecular weight is 535 g/mol. The van der Waals surface area contributed by atoms with Gasteiger partial charge in [0.15, 0.2) is 0 Å². The van der Waals surface area contributed by atoms with Crippen molar-refractivity contribution < 1.29 is 27.6 Å². The highest BCUT2D eigenvalue weighted by molar-refractivity contribution is 6.35. The first-order valence-electron chi connectivity index (χ1n) is 10.1. The van der Waals surface area contributed by atoms with Gasteiger partial charge in [-0.3, -0.25) is 15.0 Å². The second-order valence-electron chi connectivity index (χ2n) is 8.06. The Morgan fingerprint density at radius 1 is 1.12 bits per heavy atom. The molecule has 1 atom stereocenters. The van der Waals surface area contributed by atoms with Gasteiger partial charge in [-0.05, 0) is 43.2 Å². The molecule has 0 bridgehead atoms. The van der Waals surface area contributed by atoms with E-state index in [0.29, 0.717) is 12.8 Å². The van der Waals surface area contributed by atoms with Crippen molar-refractivity contribution in [2.75, 3.05) is 5.01 Å². The number of nitrogens with zero attached hydrogens (tertiary/aromatic N) is 2. The van der Waals surface area contributed by atoms with Crippen molar-refractivity contribution >= 4 is 58.0 Å². The Morgan fingerprint density at radius 3 is 2.32 bits per heavy atom. The molecule has 34 heavy (non-hydrogen) atoms. The van der Waals surface area contributed by atoms with E-state index >= 15 is 0 Å². The van der Waals surface area contributed by atoms with E-state index in [9.17, 15) is 22.8 Å². The molecule has 4 rings (SSSR count). The van der Waals surface area contributed by atoms with Gasteiger partial charge in [0, 0.05) is 40.4 Å². The molecule has 1 saturated carbocycles. The van der Waals surface area contributed by atoms with Crippen molar-refractivity contribution in [2.45, 2.75) is 38.0 Å². The molecular weight excluding hydrogens is 518 g/mol. The van der Waals surface area contributed by atoms with Crippen LogP contribution in [0.25, 0.3) is 0 Å². The molecule has 0 radical (unpaired) electrons. The van der Waals surface area contributed by atoms with Crippen LogP contribution >= 0.6 is 34.8 Å². The predicted molar refractivity (Wildman–Crippen MR) is 122 cm³/mol. The Hall–Kier alpha value is -2.49. The Bertz CT molecular complexity index is 1180. The number of benzene rings is 2. The lowest BCUT2D eigenvalue weighted by atomic mass is 9.86. The van der Waals surface area contributed by atoms with Crippen molar-refractivity contribution in [2.24, 2.45) is 11.1 Å². The van der Waals surface area contributed by atoms with Crippen LogP contribution < -0.4 is 10.4 Å². The number of anilines is 1. The lowest BCUT2D eigenvalue weighted by Gasteiger charge is -2.29. The van der Waals surface area contributed by atoms with E-state index in [4.69, 9.17) is 39.6 Å². The minimum atomic E-state index is -4.86. The highest BCUT2D eigenvalue weighted by atomic mass is 35.5. The molecular formula is C22H17Cl3F3N3O3. The molecule has 1 unspecified atom stereocenters. The van der Waals surface area contributed by atoms with Crippen molar-refractivity contribution in [3.63, 3.8) is 0 Å². The normalized spacial score (nSPS) is 19.9. The maximum absolute atomic E-state index is 14.3. The van der Waals surface area contributed by atoms with Crippen LogP contribution in [0, 0.1) is 5.92 Å². The summed E-state index contributed by atoms with van der Waals surface area (Å²) >= 11 is 18.1. The highest BCUT2D eigenvalue weighted by Gasteiger charge is 2.62. The number of alkyl halides is 3. The quantitative estimate of drug-likeness (QED) is 0.488. The molecule has 2 aromatic rings. The van der Waals surface area contributed by atoms with Gasteiger partial charge in [0.1, 0.15) is 0 Å². The first-order chi connectivity index (χ1) is 15.9. The van der Waals surface area contributed by atoms with Gasteiger partial charge in [0.05, 0.1) is 16.4 Å². The maximum Gasteiger partial charge on any atom is 0.435 e. The Labute approximate surface area is 207 Å². The van der Waals surface area contributed by atoms with Crippen molar-refractivity contribution in [1.29, 1.82) is 0 Å². The van der Waals surface area contributed by atoms with Gasteiger partial charge in [0.2, 0.25) is 11.8 Å². The maximum atomic E-state index is 14.3. The number of oxime groups is 1. The number of halogens is 6. The van der Waals surface area contributed by atoms with Crippen LogP contribution in [-0.4, -0.2) is 23.7 Å². The standard InChI is InChI=1S/C22H17Cl3F3N3O3/c1-11(32)31(29-20(33)12-2-3-12)19-6-13(4-5-17(19)25)18-10-21(34-30-18,22(26,27)28)14-7-15(23)9-16(24)8-14/h4-9,12H,2-3,10H2,1H3,(H,29,33). The van der Waals surface area contributed by atoms with E-state index in [0.717, 1.165) is 17.1 Å². The number of carbonyl (C=O) groups is 2. The van der Waals surface area contributed by atoms with Gasteiger partial charge < -0.3 is 4.84 Å². The largest absolute Gasteiger partial charge is 0.435 e. The first-order valence-corrected chi connectivity index (χ1v) is 11.2. The zero-order valence-electron chi connectivity index (χ0n) is 17.5. The summed E-state index contributed by atoms with van der Waals surface area (Å²) in [5, 5.41) is 4.82. The molecule has 0 aromatic heterocycles. The topological polar surface area (TPSA) is 71.0 Å². The van der Waals surface area contributed by atoms with E-state index in [2.05, 4.69) is 10.6 Å². The molecule has 1 aliphatic carbocycles. The summed E-state index contributed by atoms with van der Waals surface area (Å²) in [5.74, 6) is -1.06. The van der Waals surface area contributed by atoms with Crippen molar-refractivity contribution in [3.05, 3.63) is 62.6 Å². The van der Waals surface area contributed by atoms with Crippen molar-refractivity contribution in [1.82, 2.24) is 5.43 Å². The van der Waals surface area contributed by atoms with Crippen LogP contribution in [-0.2, 0) is 20.0 Å². The Kier molecular flexibility index (Phi) is 6.48. The summed E-state index contributed by atoms with van der Waals surface area (Å²) < 4.78 is 42.8. The number of hydrogen-bond acceptors (Lipinski definition) is 4. The number of rotatable bonds is 4. The number of hydrazine groups is 1. The summed E-state index contributed by atoms with van der Waals surface area (Å²) in [4.78, 5) is 29.4. The molecule has 12 heteroatoms. The van der Waals surface area contributed by atoms with Gasteiger partial charge in [-0.25, -0.2) is 5.01 Å². The van der Waals surface area contributed by atoms with Crippen LogP contribution in [0.5, 0.6) is 0 Å². The van der Waals surface area contributed by atoms with Crippen molar-refractivity contribution in [3.8, 4) is 0 Å². The van der Waals surface area contributed by atoms with Gasteiger partial charge in [0.25, 0.3) is 5.60 Å². The fourth-order valence-electron chi connectivity index (χ4n) is 3.56. The molecule has 1 fully saturated rings. The number of nitrogens with one attached hydrogen (secondary N) is 1. The van der Waals surface area contributed by atoms with Crippen LogP contribution in [0.1, 0.15) is 37.3 Å². The highest BCUT2D eigenvalue weighted by Crippen LogP contribution is 2.50. The third-order valence-electron chi connectivity index (χ3n) is 5.52. The van der Waals surface area contributed by atoms with E-state index in [1.807, 2.05) is 0 Å². The summed E-state index contributed by atoms with van der Waals surface area (Å²) in [6.07, 6.45) is -4.10. The van der Waals surface area contributed by atoms with Crippen LogP contribution in [0.2, 0.25) is 15.1 Å². The summed E-state index contributed by atoms with van der Waals surface area (Å²) in [6, 6.07) is 7.78. The molecule has 2 aromatic carbocycles. The van der Waals surface area contributed by atoms with Crippen LogP contribution in [0.4, 0.5) is 18.9 Å². The van der Waals surface area contributed by atoms with Gasteiger partial charge in [-0.1, -0.05) is 46.0 Å². The van der Waals surface area contributed by atoms with Gasteiger partial charge >= 0.3 is 6.18 Å². The molecule has 0 saturated heterocycles. The lowest BCUT2D eigenvalue weighted by Crippen LogP contribution is -2.46. The molecule has 180 valence electrons. The minimum absolute atomic E-state index is 0.0143. The van der Waals surface area contributed by atoms with E-state index in [-0.39, 0.29) is 49.4 Å². The molecule has 1 heterocycles. The van der Waals surface area contributed by atoms with Crippen LogP contribution in [0.15, 0.2) is 41.6 Å². The summed E-state index contributed by atoms with van der Waals surface area (Å²) in [6.45, 7) is 1.23. The van der Waals surface area contributed by atoms with E-state index in [1.165, 1.54) is 31.2 Å². The minimum Gasteiger partial charge on any atom is -0.374 e. The fourth-order valence-corrected chi connectivity index (χ4v) is 4.29. The molecule has 2 amide bonds. The molecule has 1 N–H and O–H groups in total. The molecule has 6 nitrogen and oxygen atoms in total. The summed E-state index contributed by atoms with van der Waals surface area (Å²) in [7, 11) is 0. The van der Waals surface area contributed by atoms with Crippen LogP contribution in [0.3, 0.4) is 0 Å². The predicted octanol–water partition coefficient (Wildman–Crippen LogP) is 6.02. The number of hydrogen-bond donors (Lipinski definition) is 1. The number of amides is 2. The number of carbonyl (C=O) groups excluding carboxylic acids is 2. The Morgan fingerprint density at radius 2 is 1.76 bits per heavy atom. The van der Waals surface area contributed by atoms with E-state index in [1.54, 1.807) is 0 Å². The van der Waals surface area contributed by atoms with Gasteiger partial charge in [-0.15, -0.1) is 0 Å². The van der Waals surface area contributed by atoms with Gasteiger partial charge in [-0.2, -0.15) is 13.2 Å². The van der Waals surface area contributed by atoms with E-state index < -0.39 is 24.1 Å². The zero-order valence-corrected chi connectivity index (χ0v) is 19.8. The monoisotopic (exact) mass is 533 g/mol. The smallest absolute Gasteiger partial charge is 0.374 e. The average Bonchev–Trinajstić information content (AvgIpc) is 3.48. The molecule has 2 aliphatic rings. The first kappa shape index (κ1) is 24.6. The zero-order chi connectivity index (χ0) is 24.8. The third kappa shape index (κ3) is 4.69. The second-order valence-corrected chi connectivity index (χ2v) is 9.34. The lowest BCUT2D eigenvalue weighted by molar-refractivity contribution is -0.275. The summed E-state index contributed by atoms with van der Waals surface area (Å²) in [5.41, 5.74) is -0.310. The Balaban J connectivity index is 1.69. The SMILES string of the molecule is CC(=O)N(NC(=O)C1CC1)c1cc(C2=NOC(c3cc(Cl)cc(Cl)c3)(C(F)(F)F)C2)ccc1Cl. The third-order valence-corrected chi connectivity index (χ3v) is 6.28.